The molecule has 1 aliphatic rings. The molecule has 2 aromatic rings. The monoisotopic (exact) mass is 553 g/mol. The van der Waals surface area contributed by atoms with Gasteiger partial charge in [-0.25, -0.2) is 9.78 Å². The van der Waals surface area contributed by atoms with Crippen LogP contribution in [-0.4, -0.2) is 71.3 Å². The SMILES string of the molecule is CC(C)C[C@H](NC(=O)C(NC(=O)c1cccc(-c2ccccc2)n1)[C@@H](C)O)B1OC(=O)C[C@@H](C(=O)OC(C)C)O1. The molecule has 1 saturated heterocycles. The number of nitrogens with zero attached hydrogens (tertiary/aromatic N) is 1. The minimum atomic E-state index is -1.36. The van der Waals surface area contributed by atoms with E-state index in [4.69, 9.17) is 14.0 Å². The van der Waals surface area contributed by atoms with Crippen molar-refractivity contribution in [3.05, 3.63) is 54.2 Å². The van der Waals surface area contributed by atoms with Crippen molar-refractivity contribution in [2.75, 3.05) is 0 Å². The van der Waals surface area contributed by atoms with Crippen molar-refractivity contribution in [2.24, 2.45) is 5.92 Å². The van der Waals surface area contributed by atoms with Crippen LogP contribution in [0.25, 0.3) is 11.3 Å². The normalized spacial score (nSPS) is 17.6. The van der Waals surface area contributed by atoms with Crippen molar-refractivity contribution >= 4 is 30.9 Å². The van der Waals surface area contributed by atoms with Gasteiger partial charge in [-0.05, 0) is 45.2 Å². The molecule has 0 aliphatic carbocycles. The summed E-state index contributed by atoms with van der Waals surface area (Å²) in [6.45, 7) is 8.51. The van der Waals surface area contributed by atoms with E-state index in [0.717, 1.165) is 5.56 Å². The Morgan fingerprint density at radius 1 is 1.05 bits per heavy atom. The zero-order valence-corrected chi connectivity index (χ0v) is 23.3. The molecular weight excluding hydrogens is 517 g/mol. The van der Waals surface area contributed by atoms with E-state index in [-0.39, 0.29) is 18.0 Å². The third kappa shape index (κ3) is 8.62. The van der Waals surface area contributed by atoms with Gasteiger partial charge in [0, 0.05) is 5.56 Å². The molecule has 214 valence electrons. The topological polar surface area (TPSA) is 153 Å². The quantitative estimate of drug-likeness (QED) is 0.280. The van der Waals surface area contributed by atoms with Crippen LogP contribution in [0.3, 0.4) is 0 Å². The van der Waals surface area contributed by atoms with E-state index in [1.165, 1.54) is 13.0 Å². The highest BCUT2D eigenvalue weighted by atomic mass is 16.7. The van der Waals surface area contributed by atoms with E-state index >= 15 is 0 Å². The smallest absolute Gasteiger partial charge is 0.508 e. The average Bonchev–Trinajstić information content (AvgIpc) is 2.90. The van der Waals surface area contributed by atoms with Gasteiger partial charge in [0.05, 0.1) is 30.3 Å². The Bertz CT molecular complexity index is 1190. The van der Waals surface area contributed by atoms with Crippen LogP contribution < -0.4 is 10.6 Å². The molecule has 1 aliphatic heterocycles. The molecule has 0 spiro atoms. The number of aliphatic hydroxyl groups excluding tert-OH is 1. The van der Waals surface area contributed by atoms with Gasteiger partial charge in [0.2, 0.25) is 5.91 Å². The third-order valence-electron chi connectivity index (χ3n) is 6.00. The van der Waals surface area contributed by atoms with Gasteiger partial charge in [-0.15, -0.1) is 0 Å². The summed E-state index contributed by atoms with van der Waals surface area (Å²) in [5.41, 5.74) is 1.45. The summed E-state index contributed by atoms with van der Waals surface area (Å²) in [5, 5.41) is 15.7. The summed E-state index contributed by atoms with van der Waals surface area (Å²) in [4.78, 5) is 55.5. The fourth-order valence-electron chi connectivity index (χ4n) is 4.16. The van der Waals surface area contributed by atoms with E-state index in [9.17, 15) is 24.3 Å². The van der Waals surface area contributed by atoms with Gasteiger partial charge in [-0.1, -0.05) is 50.2 Å². The number of carbonyl (C=O) groups is 4. The van der Waals surface area contributed by atoms with Crippen LogP contribution in [0.5, 0.6) is 0 Å². The number of ether oxygens (including phenoxy) is 1. The summed E-state index contributed by atoms with van der Waals surface area (Å²) < 4.78 is 16.2. The average molecular weight is 553 g/mol. The molecular formula is C28H36BN3O8. The number of esters is 1. The maximum atomic E-state index is 13.3. The largest absolute Gasteiger partial charge is 0.551 e. The van der Waals surface area contributed by atoms with Gasteiger partial charge in [0.15, 0.2) is 6.10 Å². The molecule has 11 nitrogen and oxygen atoms in total. The summed E-state index contributed by atoms with van der Waals surface area (Å²) in [7, 11) is -1.27. The lowest BCUT2D eigenvalue weighted by Crippen LogP contribution is -2.60. The van der Waals surface area contributed by atoms with Crippen LogP contribution >= 0.6 is 0 Å². The molecule has 40 heavy (non-hydrogen) atoms. The van der Waals surface area contributed by atoms with E-state index in [1.807, 2.05) is 44.2 Å². The molecule has 1 unspecified atom stereocenters. The van der Waals surface area contributed by atoms with Crippen molar-refractivity contribution in [2.45, 2.75) is 77.8 Å². The van der Waals surface area contributed by atoms with Gasteiger partial charge < -0.3 is 29.8 Å². The van der Waals surface area contributed by atoms with Crippen molar-refractivity contribution in [3.63, 3.8) is 0 Å². The predicted octanol–water partition coefficient (Wildman–Crippen LogP) is 2.07. The molecule has 0 bridgehead atoms. The van der Waals surface area contributed by atoms with Gasteiger partial charge in [-0.3, -0.25) is 14.4 Å². The summed E-state index contributed by atoms with van der Waals surface area (Å²) in [6, 6.07) is 12.9. The summed E-state index contributed by atoms with van der Waals surface area (Å²) in [6.07, 6.45) is -2.86. The molecule has 2 amide bonds. The number of aliphatic hydroxyl groups is 1. The lowest BCUT2D eigenvalue weighted by Gasteiger charge is -2.32. The van der Waals surface area contributed by atoms with E-state index in [0.29, 0.717) is 12.1 Å². The molecule has 2 heterocycles. The first kappa shape index (κ1) is 30.8. The Balaban J connectivity index is 1.75. The van der Waals surface area contributed by atoms with E-state index in [1.54, 1.807) is 26.0 Å². The van der Waals surface area contributed by atoms with Crippen molar-refractivity contribution in [1.29, 1.82) is 0 Å². The first-order valence-electron chi connectivity index (χ1n) is 13.3. The molecule has 1 fully saturated rings. The van der Waals surface area contributed by atoms with Crippen LogP contribution in [0.1, 0.15) is 57.9 Å². The van der Waals surface area contributed by atoms with Crippen LogP contribution in [-0.2, 0) is 28.4 Å². The highest BCUT2D eigenvalue weighted by Crippen LogP contribution is 2.20. The Morgan fingerprint density at radius 3 is 2.38 bits per heavy atom. The maximum absolute atomic E-state index is 13.3. The molecule has 12 heteroatoms. The second kappa shape index (κ2) is 14.0. The molecule has 4 atom stereocenters. The number of amides is 2. The van der Waals surface area contributed by atoms with Crippen LogP contribution in [0.4, 0.5) is 0 Å². The van der Waals surface area contributed by atoms with E-state index in [2.05, 4.69) is 15.6 Å². The molecule has 1 aromatic carbocycles. The lowest BCUT2D eigenvalue weighted by molar-refractivity contribution is -0.165. The Labute approximate surface area is 234 Å². The zero-order valence-electron chi connectivity index (χ0n) is 23.3. The van der Waals surface area contributed by atoms with E-state index < -0.39 is 61.2 Å². The number of benzene rings is 1. The van der Waals surface area contributed by atoms with Gasteiger partial charge in [0.1, 0.15) is 11.7 Å². The van der Waals surface area contributed by atoms with Gasteiger partial charge in [0.25, 0.3) is 11.9 Å². The number of hydrogen-bond acceptors (Lipinski definition) is 9. The number of rotatable bonds is 11. The first-order chi connectivity index (χ1) is 18.9. The second-order valence-corrected chi connectivity index (χ2v) is 10.4. The molecule has 0 saturated carbocycles. The fourth-order valence-corrected chi connectivity index (χ4v) is 4.16. The first-order valence-corrected chi connectivity index (χ1v) is 13.3. The fraction of sp³-hybridized carbons (Fsp3) is 0.464. The number of nitrogens with one attached hydrogen (secondary N) is 2. The molecule has 1 aromatic heterocycles. The summed E-state index contributed by atoms with van der Waals surface area (Å²) in [5.74, 6) is -3.60. The van der Waals surface area contributed by atoms with Crippen molar-refractivity contribution < 1.29 is 38.3 Å². The number of aromatic nitrogens is 1. The number of pyridine rings is 1. The number of hydrogen-bond donors (Lipinski definition) is 3. The molecule has 3 rings (SSSR count). The van der Waals surface area contributed by atoms with Crippen LogP contribution in [0, 0.1) is 5.92 Å². The summed E-state index contributed by atoms with van der Waals surface area (Å²) >= 11 is 0. The molecule has 0 radical (unpaired) electrons. The van der Waals surface area contributed by atoms with Crippen LogP contribution in [0.15, 0.2) is 48.5 Å². The Kier molecular flexibility index (Phi) is 10.8. The highest BCUT2D eigenvalue weighted by molar-refractivity contribution is 6.50. The zero-order chi connectivity index (χ0) is 29.4. The third-order valence-corrected chi connectivity index (χ3v) is 6.00. The van der Waals surface area contributed by atoms with Gasteiger partial charge >= 0.3 is 13.1 Å². The Hall–Kier alpha value is -3.77. The highest BCUT2D eigenvalue weighted by Gasteiger charge is 2.45. The number of carbonyl (C=O) groups excluding carboxylic acids is 4. The Morgan fingerprint density at radius 2 is 1.75 bits per heavy atom. The minimum absolute atomic E-state index is 0.0279. The standard InChI is InChI=1S/C28H36BN3O8/c1-16(2)14-23(29-39-22(15-24(34)40-29)28(37)38-17(3)4)31-27(36)25(18(5)33)32-26(35)21-13-9-12-20(30-21)19-10-7-6-8-11-19/h6-13,16-18,22-23,25,33H,14-15H2,1-5H3,(H,31,36)(H,32,35)/t18-,22+,23+,25?/m1/s1. The second-order valence-electron chi connectivity index (χ2n) is 10.4. The lowest BCUT2D eigenvalue weighted by atomic mass is 9.72. The molecule has 3 N–H and O–H groups in total. The van der Waals surface area contributed by atoms with Crippen LogP contribution in [0.2, 0.25) is 0 Å². The van der Waals surface area contributed by atoms with Crippen molar-refractivity contribution in [3.8, 4) is 11.3 Å². The maximum Gasteiger partial charge on any atom is 0.551 e. The van der Waals surface area contributed by atoms with Gasteiger partial charge in [-0.2, -0.15) is 0 Å². The minimum Gasteiger partial charge on any atom is -0.508 e. The van der Waals surface area contributed by atoms with Crippen molar-refractivity contribution in [1.82, 2.24) is 15.6 Å². The predicted molar refractivity (Wildman–Crippen MR) is 147 cm³/mol.